The first-order valence-corrected chi connectivity index (χ1v) is 4.73. The van der Waals surface area contributed by atoms with Gasteiger partial charge in [0, 0.05) is 12.6 Å². The third-order valence-corrected chi connectivity index (χ3v) is 2.00. The largest absolute Gasteiger partial charge is 0.399 e. The van der Waals surface area contributed by atoms with Crippen molar-refractivity contribution in [3.8, 4) is 0 Å². The van der Waals surface area contributed by atoms with Crippen LogP contribution in [0.3, 0.4) is 0 Å². The topological polar surface area (TPSA) is 77.0 Å². The lowest BCUT2D eigenvalue weighted by Crippen LogP contribution is -2.03. The minimum atomic E-state index is -0.403. The van der Waals surface area contributed by atoms with E-state index >= 15 is 0 Å². The van der Waals surface area contributed by atoms with Gasteiger partial charge in [-0.2, -0.15) is 4.98 Å². The highest BCUT2D eigenvalue weighted by Gasteiger charge is 2.05. The molecular formula is C10H11FN4O. The summed E-state index contributed by atoms with van der Waals surface area (Å²) in [4.78, 5) is 3.99. The van der Waals surface area contributed by atoms with Crippen LogP contribution in [0.4, 0.5) is 15.8 Å². The molecule has 0 bridgehead atoms. The van der Waals surface area contributed by atoms with Gasteiger partial charge in [-0.1, -0.05) is 5.16 Å². The Labute approximate surface area is 91.5 Å². The van der Waals surface area contributed by atoms with Gasteiger partial charge >= 0.3 is 0 Å². The molecule has 1 aromatic carbocycles. The molecule has 0 aliphatic carbocycles. The monoisotopic (exact) mass is 222 g/mol. The smallest absolute Gasteiger partial charge is 0.223 e. The van der Waals surface area contributed by atoms with E-state index < -0.39 is 5.82 Å². The van der Waals surface area contributed by atoms with Crippen molar-refractivity contribution in [2.45, 2.75) is 13.5 Å². The molecule has 0 unspecified atom stereocenters. The predicted molar refractivity (Wildman–Crippen MR) is 57.2 cm³/mol. The number of hydrogen-bond acceptors (Lipinski definition) is 5. The quantitative estimate of drug-likeness (QED) is 0.773. The highest BCUT2D eigenvalue weighted by Crippen LogP contribution is 2.17. The van der Waals surface area contributed by atoms with Crippen molar-refractivity contribution in [2.75, 3.05) is 11.1 Å². The second-order valence-corrected chi connectivity index (χ2v) is 3.32. The highest BCUT2D eigenvalue weighted by molar-refractivity contribution is 5.52. The predicted octanol–water partition coefficient (Wildman–Crippen LogP) is 1.71. The molecule has 6 heteroatoms. The molecule has 0 aliphatic heterocycles. The Morgan fingerprint density at radius 2 is 2.31 bits per heavy atom. The number of nitrogens with zero attached hydrogens (tertiary/aromatic N) is 2. The van der Waals surface area contributed by atoms with E-state index in [4.69, 9.17) is 10.3 Å². The number of nitrogen functional groups attached to an aromatic ring is 1. The maximum Gasteiger partial charge on any atom is 0.223 e. The molecule has 0 saturated heterocycles. The summed E-state index contributed by atoms with van der Waals surface area (Å²) in [5.41, 5.74) is 6.18. The minimum Gasteiger partial charge on any atom is -0.399 e. The van der Waals surface area contributed by atoms with Gasteiger partial charge in [0.1, 0.15) is 5.82 Å². The summed E-state index contributed by atoms with van der Waals surface area (Å²) in [5, 5.41) is 6.54. The van der Waals surface area contributed by atoms with E-state index in [1.807, 2.05) is 0 Å². The van der Waals surface area contributed by atoms with E-state index in [1.54, 1.807) is 19.1 Å². The highest BCUT2D eigenvalue weighted by atomic mass is 19.1. The van der Waals surface area contributed by atoms with Crippen molar-refractivity contribution in [2.24, 2.45) is 0 Å². The number of rotatable bonds is 3. The normalized spacial score (nSPS) is 10.4. The summed E-state index contributed by atoms with van der Waals surface area (Å²) in [5.74, 6) is 0.559. The van der Waals surface area contributed by atoms with Crippen molar-refractivity contribution in [1.82, 2.24) is 10.1 Å². The molecule has 1 aromatic heterocycles. The lowest BCUT2D eigenvalue weighted by Gasteiger charge is -2.05. The van der Waals surface area contributed by atoms with Crippen LogP contribution < -0.4 is 11.1 Å². The number of aromatic nitrogens is 2. The Morgan fingerprint density at radius 1 is 1.50 bits per heavy atom. The Bertz CT molecular complexity index is 497. The van der Waals surface area contributed by atoms with Crippen LogP contribution in [0.2, 0.25) is 0 Å². The van der Waals surface area contributed by atoms with Crippen LogP contribution in [0.25, 0.3) is 0 Å². The summed E-state index contributed by atoms with van der Waals surface area (Å²) in [7, 11) is 0. The number of hydrogen-bond donors (Lipinski definition) is 2. The first-order valence-electron chi connectivity index (χ1n) is 4.73. The van der Waals surface area contributed by atoms with E-state index in [1.165, 1.54) is 6.07 Å². The summed E-state index contributed by atoms with van der Waals surface area (Å²) >= 11 is 0. The van der Waals surface area contributed by atoms with Crippen LogP contribution in [0.1, 0.15) is 11.7 Å². The molecule has 0 atom stereocenters. The second kappa shape index (κ2) is 4.18. The average molecular weight is 222 g/mol. The molecule has 3 N–H and O–H groups in total. The summed E-state index contributed by atoms with van der Waals surface area (Å²) in [6.07, 6.45) is 0. The fraction of sp³-hybridized carbons (Fsp3) is 0.200. The number of benzene rings is 1. The first kappa shape index (κ1) is 10.4. The Balaban J connectivity index is 2.04. The third-order valence-electron chi connectivity index (χ3n) is 2.00. The van der Waals surface area contributed by atoms with Gasteiger partial charge in [0.2, 0.25) is 5.89 Å². The molecular weight excluding hydrogens is 211 g/mol. The average Bonchev–Trinajstić information content (AvgIpc) is 2.63. The van der Waals surface area contributed by atoms with Gasteiger partial charge in [0.15, 0.2) is 5.82 Å². The molecule has 16 heavy (non-hydrogen) atoms. The van der Waals surface area contributed by atoms with Gasteiger partial charge in [-0.3, -0.25) is 0 Å². The zero-order valence-corrected chi connectivity index (χ0v) is 8.70. The zero-order chi connectivity index (χ0) is 11.5. The van der Waals surface area contributed by atoms with Crippen LogP contribution in [0.5, 0.6) is 0 Å². The van der Waals surface area contributed by atoms with E-state index in [-0.39, 0.29) is 0 Å². The molecule has 0 radical (unpaired) electrons. The van der Waals surface area contributed by atoms with Gasteiger partial charge in [-0.25, -0.2) is 4.39 Å². The second-order valence-electron chi connectivity index (χ2n) is 3.32. The SMILES string of the molecule is Cc1nc(CNc2ccc(N)cc2F)no1. The van der Waals surface area contributed by atoms with Crippen LogP contribution in [-0.4, -0.2) is 10.1 Å². The van der Waals surface area contributed by atoms with E-state index in [9.17, 15) is 4.39 Å². The molecule has 1 heterocycles. The van der Waals surface area contributed by atoms with Gasteiger partial charge in [0.05, 0.1) is 12.2 Å². The van der Waals surface area contributed by atoms with Crippen LogP contribution in [0.15, 0.2) is 22.7 Å². The van der Waals surface area contributed by atoms with E-state index in [0.29, 0.717) is 29.6 Å². The summed E-state index contributed by atoms with van der Waals surface area (Å²) in [6, 6.07) is 4.44. The zero-order valence-electron chi connectivity index (χ0n) is 8.70. The maximum atomic E-state index is 13.4. The fourth-order valence-corrected chi connectivity index (χ4v) is 1.26. The Morgan fingerprint density at radius 3 is 2.94 bits per heavy atom. The van der Waals surface area contributed by atoms with Crippen molar-refractivity contribution in [1.29, 1.82) is 0 Å². The van der Waals surface area contributed by atoms with E-state index in [2.05, 4.69) is 15.5 Å². The van der Waals surface area contributed by atoms with Crippen molar-refractivity contribution in [3.63, 3.8) is 0 Å². The number of aryl methyl sites for hydroxylation is 1. The lowest BCUT2D eigenvalue weighted by atomic mass is 10.2. The molecule has 0 fully saturated rings. The van der Waals surface area contributed by atoms with Crippen molar-refractivity contribution in [3.05, 3.63) is 35.7 Å². The number of halogens is 1. The fourth-order valence-electron chi connectivity index (χ4n) is 1.26. The van der Waals surface area contributed by atoms with Gasteiger partial charge in [-0.15, -0.1) is 0 Å². The standard InChI is InChI=1S/C10H11FN4O/c1-6-14-10(15-16-6)5-13-9-3-2-7(12)4-8(9)11/h2-4,13H,5,12H2,1H3. The number of anilines is 2. The van der Waals surface area contributed by atoms with Crippen LogP contribution in [0, 0.1) is 12.7 Å². The molecule has 2 rings (SSSR count). The van der Waals surface area contributed by atoms with E-state index in [0.717, 1.165) is 0 Å². The molecule has 2 aromatic rings. The Kier molecular flexibility index (Phi) is 2.72. The summed E-state index contributed by atoms with van der Waals surface area (Å²) in [6.45, 7) is 2.00. The van der Waals surface area contributed by atoms with Gasteiger partial charge in [0.25, 0.3) is 0 Å². The number of nitrogens with one attached hydrogen (secondary N) is 1. The minimum absolute atomic E-state index is 0.304. The van der Waals surface area contributed by atoms with Crippen molar-refractivity contribution >= 4 is 11.4 Å². The first-order chi connectivity index (χ1) is 7.65. The maximum absolute atomic E-state index is 13.4. The van der Waals surface area contributed by atoms with Crippen molar-refractivity contribution < 1.29 is 8.91 Å². The molecule has 84 valence electrons. The van der Waals surface area contributed by atoms with Crippen LogP contribution >= 0.6 is 0 Å². The molecule has 5 nitrogen and oxygen atoms in total. The van der Waals surface area contributed by atoms with Gasteiger partial charge in [-0.05, 0) is 18.2 Å². The number of nitrogens with two attached hydrogens (primary N) is 1. The summed E-state index contributed by atoms with van der Waals surface area (Å²) < 4.78 is 18.1. The van der Waals surface area contributed by atoms with Crippen LogP contribution in [-0.2, 0) is 6.54 Å². The molecule has 0 aliphatic rings. The molecule has 0 amide bonds. The van der Waals surface area contributed by atoms with Gasteiger partial charge < -0.3 is 15.6 Å². The Hall–Kier alpha value is -2.11. The molecule has 0 saturated carbocycles. The lowest BCUT2D eigenvalue weighted by molar-refractivity contribution is 0.388. The third kappa shape index (κ3) is 2.28. The molecule has 0 spiro atoms.